The number of rotatable bonds is 4. The monoisotopic (exact) mass is 370 g/mol. The van der Waals surface area contributed by atoms with Gasteiger partial charge in [0.05, 0.1) is 9.82 Å². The van der Waals surface area contributed by atoms with Crippen LogP contribution >= 0.6 is 11.6 Å². The van der Waals surface area contributed by atoms with E-state index >= 15 is 0 Å². The normalized spacial score (nSPS) is 10.5. The molecule has 6 nitrogen and oxygen atoms in total. The molecule has 0 spiro atoms. The SMILES string of the molecule is CC.Cc1ccc(NS(=O)(=O)c2ccc([N+](=O)[O-])c(Cl)c2)cc1C. The molecule has 0 radical (unpaired) electrons. The van der Waals surface area contributed by atoms with Crippen LogP contribution in [0.15, 0.2) is 41.3 Å². The molecule has 0 aliphatic carbocycles. The number of nitrogens with zero attached hydrogens (tertiary/aromatic N) is 1. The van der Waals surface area contributed by atoms with Crippen molar-refractivity contribution < 1.29 is 13.3 Å². The van der Waals surface area contributed by atoms with Crippen LogP contribution < -0.4 is 4.72 Å². The van der Waals surface area contributed by atoms with E-state index in [0.717, 1.165) is 29.3 Å². The summed E-state index contributed by atoms with van der Waals surface area (Å²) in [5, 5.41) is 10.5. The highest BCUT2D eigenvalue weighted by molar-refractivity contribution is 7.92. The number of sulfonamides is 1. The molecule has 8 heteroatoms. The van der Waals surface area contributed by atoms with Gasteiger partial charge < -0.3 is 0 Å². The Bertz CT molecular complexity index is 851. The molecule has 24 heavy (non-hydrogen) atoms. The topological polar surface area (TPSA) is 89.3 Å². The molecule has 0 aliphatic heterocycles. The molecule has 0 saturated carbocycles. The second-order valence-electron chi connectivity index (χ2n) is 4.77. The molecule has 2 aromatic carbocycles. The lowest BCUT2D eigenvalue weighted by Crippen LogP contribution is -2.13. The number of halogens is 1. The van der Waals surface area contributed by atoms with Crippen LogP contribution in [0.3, 0.4) is 0 Å². The van der Waals surface area contributed by atoms with Crippen molar-refractivity contribution in [1.82, 2.24) is 0 Å². The molecule has 0 atom stereocenters. The van der Waals surface area contributed by atoms with Crippen molar-refractivity contribution in [3.63, 3.8) is 0 Å². The lowest BCUT2D eigenvalue weighted by Gasteiger charge is -2.10. The number of nitro benzene ring substituents is 1. The minimum atomic E-state index is -3.86. The zero-order valence-corrected chi connectivity index (χ0v) is 15.4. The predicted octanol–water partition coefficient (Wildman–Crippen LogP) is 4.69. The van der Waals surface area contributed by atoms with Crippen molar-refractivity contribution in [3.8, 4) is 0 Å². The maximum Gasteiger partial charge on any atom is 0.287 e. The van der Waals surface area contributed by atoms with Gasteiger partial charge in [0.2, 0.25) is 0 Å². The second kappa shape index (κ2) is 8.12. The summed E-state index contributed by atoms with van der Waals surface area (Å²) in [7, 11) is -3.86. The Hall–Kier alpha value is -2.12. The van der Waals surface area contributed by atoms with Crippen LogP contribution in [0.2, 0.25) is 5.02 Å². The van der Waals surface area contributed by atoms with Gasteiger partial charge in [0.1, 0.15) is 5.02 Å². The molecule has 0 bridgehead atoms. The van der Waals surface area contributed by atoms with E-state index in [1.807, 2.05) is 27.7 Å². The average Bonchev–Trinajstić information content (AvgIpc) is 2.52. The highest BCUT2D eigenvalue weighted by Crippen LogP contribution is 2.28. The molecule has 0 amide bonds. The van der Waals surface area contributed by atoms with Crippen molar-refractivity contribution >= 4 is 33.0 Å². The van der Waals surface area contributed by atoms with E-state index in [9.17, 15) is 18.5 Å². The van der Waals surface area contributed by atoms with Crippen LogP contribution in [0.25, 0.3) is 0 Å². The van der Waals surface area contributed by atoms with E-state index < -0.39 is 14.9 Å². The Morgan fingerprint density at radius 2 is 1.67 bits per heavy atom. The number of nitrogens with one attached hydrogen (secondary N) is 1. The summed E-state index contributed by atoms with van der Waals surface area (Å²) < 4.78 is 27.0. The van der Waals surface area contributed by atoms with Crippen molar-refractivity contribution in [3.05, 3.63) is 62.7 Å². The Labute approximate surface area is 146 Å². The smallest absolute Gasteiger partial charge is 0.280 e. The molecular formula is C16H19ClN2O4S. The Morgan fingerprint density at radius 3 is 2.17 bits per heavy atom. The van der Waals surface area contributed by atoms with Gasteiger partial charge in [-0.05, 0) is 49.2 Å². The van der Waals surface area contributed by atoms with Gasteiger partial charge in [-0.15, -0.1) is 0 Å². The zero-order valence-electron chi connectivity index (χ0n) is 13.8. The van der Waals surface area contributed by atoms with Crippen molar-refractivity contribution in [2.24, 2.45) is 0 Å². The van der Waals surface area contributed by atoms with Crippen molar-refractivity contribution in [2.45, 2.75) is 32.6 Å². The number of benzene rings is 2. The highest BCUT2D eigenvalue weighted by atomic mass is 35.5. The summed E-state index contributed by atoms with van der Waals surface area (Å²) in [4.78, 5) is 9.89. The summed E-state index contributed by atoms with van der Waals surface area (Å²) in [6.07, 6.45) is 0. The van der Waals surface area contributed by atoms with Crippen molar-refractivity contribution in [2.75, 3.05) is 4.72 Å². The van der Waals surface area contributed by atoms with Crippen LogP contribution in [-0.2, 0) is 10.0 Å². The lowest BCUT2D eigenvalue weighted by molar-refractivity contribution is -0.384. The third kappa shape index (κ3) is 4.69. The molecule has 0 saturated heterocycles. The molecule has 130 valence electrons. The third-order valence-electron chi connectivity index (χ3n) is 3.19. The zero-order chi connectivity index (χ0) is 18.5. The number of aryl methyl sites for hydroxylation is 2. The van der Waals surface area contributed by atoms with Crippen LogP contribution in [0.4, 0.5) is 11.4 Å². The van der Waals surface area contributed by atoms with Gasteiger partial charge in [-0.1, -0.05) is 31.5 Å². The fourth-order valence-corrected chi connectivity index (χ4v) is 3.21. The maximum atomic E-state index is 12.3. The first-order valence-corrected chi connectivity index (χ1v) is 9.11. The van der Waals surface area contributed by atoms with Crippen LogP contribution in [0.5, 0.6) is 0 Å². The first kappa shape index (κ1) is 19.9. The quantitative estimate of drug-likeness (QED) is 0.624. The standard InChI is InChI=1S/C14H13ClN2O4S.C2H6/c1-9-3-4-11(7-10(9)2)16-22(20,21)12-5-6-14(17(18)19)13(15)8-12;1-2/h3-8,16H,1-2H3;1-2H3. The predicted molar refractivity (Wildman–Crippen MR) is 96.2 cm³/mol. The Morgan fingerprint density at radius 1 is 1.04 bits per heavy atom. The highest BCUT2D eigenvalue weighted by Gasteiger charge is 2.19. The maximum absolute atomic E-state index is 12.3. The molecule has 2 aromatic rings. The van der Waals surface area contributed by atoms with E-state index in [-0.39, 0.29) is 15.6 Å². The number of hydrogen-bond donors (Lipinski definition) is 1. The van der Waals surface area contributed by atoms with Gasteiger partial charge in [0, 0.05) is 11.8 Å². The van der Waals surface area contributed by atoms with Crippen LogP contribution in [0, 0.1) is 24.0 Å². The molecule has 0 unspecified atom stereocenters. The van der Waals surface area contributed by atoms with E-state index in [2.05, 4.69) is 4.72 Å². The Kier molecular flexibility index (Phi) is 6.74. The van der Waals surface area contributed by atoms with E-state index in [1.165, 1.54) is 0 Å². The van der Waals surface area contributed by atoms with Gasteiger partial charge in [0.25, 0.3) is 15.7 Å². The Balaban J connectivity index is 0.00000139. The van der Waals surface area contributed by atoms with Gasteiger partial charge >= 0.3 is 0 Å². The fraction of sp³-hybridized carbons (Fsp3) is 0.250. The number of nitro groups is 1. The molecular weight excluding hydrogens is 352 g/mol. The van der Waals surface area contributed by atoms with Gasteiger partial charge in [-0.3, -0.25) is 14.8 Å². The lowest BCUT2D eigenvalue weighted by atomic mass is 10.1. The minimum Gasteiger partial charge on any atom is -0.280 e. The first-order valence-electron chi connectivity index (χ1n) is 7.25. The van der Waals surface area contributed by atoms with Gasteiger partial charge in [-0.25, -0.2) is 8.42 Å². The molecule has 1 N–H and O–H groups in total. The third-order valence-corrected chi connectivity index (χ3v) is 4.87. The molecule has 0 aliphatic rings. The van der Waals surface area contributed by atoms with E-state index in [1.54, 1.807) is 18.2 Å². The van der Waals surface area contributed by atoms with E-state index in [4.69, 9.17) is 11.6 Å². The summed E-state index contributed by atoms with van der Waals surface area (Å²) >= 11 is 5.75. The number of anilines is 1. The van der Waals surface area contributed by atoms with Gasteiger partial charge in [-0.2, -0.15) is 0 Å². The fourth-order valence-electron chi connectivity index (χ4n) is 1.82. The molecule has 2 rings (SSSR count). The molecule has 0 aromatic heterocycles. The second-order valence-corrected chi connectivity index (χ2v) is 6.86. The van der Waals surface area contributed by atoms with Crippen LogP contribution in [-0.4, -0.2) is 13.3 Å². The minimum absolute atomic E-state index is 0.138. The molecule has 0 heterocycles. The summed E-state index contributed by atoms with van der Waals surface area (Å²) in [5.41, 5.74) is 2.06. The molecule has 0 fully saturated rings. The van der Waals surface area contributed by atoms with E-state index in [0.29, 0.717) is 5.69 Å². The van der Waals surface area contributed by atoms with Crippen molar-refractivity contribution in [1.29, 1.82) is 0 Å². The van der Waals surface area contributed by atoms with Gasteiger partial charge in [0.15, 0.2) is 0 Å². The summed E-state index contributed by atoms with van der Waals surface area (Å²) in [6, 6.07) is 8.43. The first-order chi connectivity index (χ1) is 11.2. The summed E-state index contributed by atoms with van der Waals surface area (Å²) in [5.74, 6) is 0. The largest absolute Gasteiger partial charge is 0.287 e. The van der Waals surface area contributed by atoms with Crippen LogP contribution in [0.1, 0.15) is 25.0 Å². The average molecular weight is 371 g/mol. The number of hydrogen-bond acceptors (Lipinski definition) is 4. The summed E-state index contributed by atoms with van der Waals surface area (Å²) in [6.45, 7) is 7.79.